The van der Waals surface area contributed by atoms with Crippen LogP contribution in [0, 0.1) is 0 Å². The normalized spacial score (nSPS) is 12.3. The fourth-order valence-electron chi connectivity index (χ4n) is 1.92. The number of carbonyl (C=O) groups is 1. The van der Waals surface area contributed by atoms with E-state index in [2.05, 4.69) is 0 Å². The van der Waals surface area contributed by atoms with E-state index in [-0.39, 0.29) is 17.9 Å². The van der Waals surface area contributed by atoms with Crippen molar-refractivity contribution in [3.05, 3.63) is 34.9 Å². The summed E-state index contributed by atoms with van der Waals surface area (Å²) < 4.78 is 43.9. The lowest BCUT2D eigenvalue weighted by Gasteiger charge is -2.17. The number of hydrogen-bond acceptors (Lipinski definition) is 7. The second kappa shape index (κ2) is 8.20. The quantitative estimate of drug-likeness (QED) is 0.663. The number of carboxylic acids is 1. The Labute approximate surface area is 134 Å². The highest BCUT2D eigenvalue weighted by Gasteiger charge is 2.25. The summed E-state index contributed by atoms with van der Waals surface area (Å²) in [6.45, 7) is 0. The Morgan fingerprint density at radius 3 is 1.48 bits per heavy atom. The number of carboxylic acid groups (broad SMARTS) is 1. The first kappa shape index (κ1) is 20.0. The molecule has 0 heterocycles. The van der Waals surface area contributed by atoms with E-state index in [0.717, 1.165) is 0 Å². The molecule has 0 aliphatic heterocycles. The summed E-state index contributed by atoms with van der Waals surface area (Å²) in [5, 5.41) is 9.20. The Bertz CT molecular complexity index is 595. The predicted molar refractivity (Wildman–Crippen MR) is 84.1 cm³/mol. The molecule has 0 amide bonds. The molecule has 0 fully saturated rings. The van der Waals surface area contributed by atoms with Gasteiger partial charge in [0.15, 0.2) is 0 Å². The maximum absolute atomic E-state index is 12.2. The third-order valence-corrected chi connectivity index (χ3v) is 6.89. The van der Waals surface area contributed by atoms with Crippen molar-refractivity contribution < 1.29 is 37.1 Å². The monoisotopic (exact) mass is 366 g/mol. The Morgan fingerprint density at radius 1 is 0.870 bits per heavy atom. The van der Waals surface area contributed by atoms with Gasteiger partial charge in [-0.05, 0) is 23.3 Å². The first-order valence-corrected chi connectivity index (χ1v) is 9.93. The summed E-state index contributed by atoms with van der Waals surface area (Å²) in [5.41, 5.74) is 0.811. The van der Waals surface area contributed by atoms with Gasteiger partial charge in [0.05, 0.1) is 17.9 Å². The molecule has 0 atom stereocenters. The number of benzene rings is 1. The molecular weight excluding hydrogens is 346 g/mol. The maximum Gasteiger partial charge on any atom is 0.335 e. The maximum atomic E-state index is 12.2. The van der Waals surface area contributed by atoms with Crippen LogP contribution in [0.1, 0.15) is 21.5 Å². The summed E-state index contributed by atoms with van der Waals surface area (Å²) >= 11 is 0. The molecule has 23 heavy (non-hydrogen) atoms. The summed E-state index contributed by atoms with van der Waals surface area (Å²) in [6, 6.07) is 4.30. The molecule has 0 radical (unpaired) electrons. The van der Waals surface area contributed by atoms with Crippen LogP contribution < -0.4 is 0 Å². The highest BCUT2D eigenvalue weighted by atomic mass is 31.2. The molecule has 130 valence electrons. The molecule has 0 bridgehead atoms. The topological polar surface area (TPSA) is 108 Å². The molecule has 10 heteroatoms. The minimum Gasteiger partial charge on any atom is -0.478 e. The molecule has 0 saturated heterocycles. The van der Waals surface area contributed by atoms with Gasteiger partial charge in [0.2, 0.25) is 0 Å². The van der Waals surface area contributed by atoms with Crippen LogP contribution in [-0.4, -0.2) is 39.5 Å². The lowest BCUT2D eigenvalue weighted by atomic mass is 10.1. The van der Waals surface area contributed by atoms with Gasteiger partial charge in [-0.2, -0.15) is 0 Å². The number of aromatic carboxylic acids is 1. The number of rotatable bonds is 9. The molecule has 0 aliphatic carbocycles. The van der Waals surface area contributed by atoms with E-state index >= 15 is 0 Å². The zero-order chi connectivity index (χ0) is 17.7. The van der Waals surface area contributed by atoms with Gasteiger partial charge in [0, 0.05) is 28.4 Å². The average Bonchev–Trinajstić information content (AvgIpc) is 2.54. The lowest BCUT2D eigenvalue weighted by molar-refractivity contribution is 0.0696. The smallest absolute Gasteiger partial charge is 0.335 e. The Kier molecular flexibility index (Phi) is 7.14. The average molecular weight is 366 g/mol. The second-order valence-corrected chi connectivity index (χ2v) is 9.15. The van der Waals surface area contributed by atoms with E-state index in [0.29, 0.717) is 11.1 Å². The minimum atomic E-state index is -3.36. The Balaban J connectivity index is 3.25. The van der Waals surface area contributed by atoms with Crippen LogP contribution in [0.3, 0.4) is 0 Å². The van der Waals surface area contributed by atoms with E-state index in [4.69, 9.17) is 18.1 Å². The van der Waals surface area contributed by atoms with Crippen molar-refractivity contribution in [3.63, 3.8) is 0 Å². The van der Waals surface area contributed by atoms with Gasteiger partial charge in [0.1, 0.15) is 0 Å². The fraction of sp³-hybridized carbons (Fsp3) is 0.462. The molecule has 1 N–H and O–H groups in total. The Morgan fingerprint density at radius 2 is 1.22 bits per heavy atom. The van der Waals surface area contributed by atoms with Gasteiger partial charge in [-0.3, -0.25) is 9.13 Å². The van der Waals surface area contributed by atoms with Crippen LogP contribution in [0.5, 0.6) is 0 Å². The second-order valence-electron chi connectivity index (χ2n) is 4.61. The molecular formula is C13H20O8P2. The van der Waals surface area contributed by atoms with Crippen LogP contribution in [0.2, 0.25) is 0 Å². The molecule has 8 nitrogen and oxygen atoms in total. The molecule has 0 saturated carbocycles. The molecule has 0 spiro atoms. The SMILES string of the molecule is COP(=O)(Cc1cc(CP(=O)(OC)OC)cc(C(=O)O)c1)OC. The van der Waals surface area contributed by atoms with Crippen LogP contribution in [0.4, 0.5) is 0 Å². The van der Waals surface area contributed by atoms with Crippen molar-refractivity contribution in [2.75, 3.05) is 28.4 Å². The zero-order valence-corrected chi connectivity index (χ0v) is 15.1. The lowest BCUT2D eigenvalue weighted by Crippen LogP contribution is -2.03. The molecule has 0 unspecified atom stereocenters. The standard InChI is InChI=1S/C13H20O8P2/c1-18-22(16,19-2)8-10-5-11(7-12(6-10)13(14)15)9-23(17,20-3)21-4/h5-7H,8-9H2,1-4H3,(H,14,15). The van der Waals surface area contributed by atoms with E-state index in [1.54, 1.807) is 6.07 Å². The molecule has 1 aromatic carbocycles. The molecule has 1 aromatic rings. The summed E-state index contributed by atoms with van der Waals surface area (Å²) in [4.78, 5) is 11.3. The van der Waals surface area contributed by atoms with Gasteiger partial charge in [0.25, 0.3) is 0 Å². The van der Waals surface area contributed by atoms with Crippen LogP contribution in [0.25, 0.3) is 0 Å². The summed E-state index contributed by atoms with van der Waals surface area (Å²) in [7, 11) is -1.74. The van der Waals surface area contributed by atoms with Crippen molar-refractivity contribution in [2.24, 2.45) is 0 Å². The van der Waals surface area contributed by atoms with Crippen molar-refractivity contribution in [2.45, 2.75) is 12.3 Å². The van der Waals surface area contributed by atoms with Crippen molar-refractivity contribution in [1.29, 1.82) is 0 Å². The minimum absolute atomic E-state index is 0.0324. The highest BCUT2D eigenvalue weighted by Crippen LogP contribution is 2.52. The van der Waals surface area contributed by atoms with Crippen LogP contribution >= 0.6 is 15.2 Å². The molecule has 0 aromatic heterocycles. The molecule has 1 rings (SSSR count). The third kappa shape index (κ3) is 5.53. The largest absolute Gasteiger partial charge is 0.478 e. The van der Waals surface area contributed by atoms with E-state index in [1.807, 2.05) is 0 Å². The Hall–Kier alpha value is -1.01. The van der Waals surface area contributed by atoms with E-state index in [1.165, 1.54) is 40.6 Å². The fourth-order valence-corrected chi connectivity index (χ4v) is 4.00. The first-order chi connectivity index (χ1) is 10.7. The van der Waals surface area contributed by atoms with Gasteiger partial charge in [-0.15, -0.1) is 0 Å². The van der Waals surface area contributed by atoms with Gasteiger partial charge < -0.3 is 23.2 Å². The van der Waals surface area contributed by atoms with Crippen molar-refractivity contribution >= 4 is 21.2 Å². The summed E-state index contributed by atoms with van der Waals surface area (Å²) in [6.07, 6.45) is -0.225. The predicted octanol–water partition coefficient (Wildman–Crippen LogP) is 3.36. The van der Waals surface area contributed by atoms with Crippen LogP contribution in [-0.2, 0) is 39.5 Å². The van der Waals surface area contributed by atoms with Gasteiger partial charge >= 0.3 is 21.2 Å². The number of hydrogen-bond donors (Lipinski definition) is 1. The van der Waals surface area contributed by atoms with Crippen molar-refractivity contribution in [1.82, 2.24) is 0 Å². The van der Waals surface area contributed by atoms with E-state index < -0.39 is 21.2 Å². The molecule has 0 aliphatic rings. The van der Waals surface area contributed by atoms with Crippen LogP contribution in [0.15, 0.2) is 18.2 Å². The van der Waals surface area contributed by atoms with Crippen molar-refractivity contribution in [3.8, 4) is 0 Å². The third-order valence-electron chi connectivity index (χ3n) is 3.16. The summed E-state index contributed by atoms with van der Waals surface area (Å²) in [5.74, 6) is -1.16. The first-order valence-electron chi connectivity index (χ1n) is 6.48. The van der Waals surface area contributed by atoms with E-state index in [9.17, 15) is 19.0 Å². The highest BCUT2D eigenvalue weighted by molar-refractivity contribution is 7.53. The zero-order valence-electron chi connectivity index (χ0n) is 13.3. The van der Waals surface area contributed by atoms with Gasteiger partial charge in [-0.25, -0.2) is 4.79 Å². The van der Waals surface area contributed by atoms with Gasteiger partial charge in [-0.1, -0.05) is 6.07 Å².